The quantitative estimate of drug-likeness (QED) is 0.820. The highest BCUT2D eigenvalue weighted by Gasteiger charge is 2.36. The van der Waals surface area contributed by atoms with E-state index in [1.165, 1.54) is 6.42 Å². The summed E-state index contributed by atoms with van der Waals surface area (Å²) in [5.41, 5.74) is 5.81. The highest BCUT2D eigenvalue weighted by molar-refractivity contribution is 5.88. The molecule has 1 saturated heterocycles. The second kappa shape index (κ2) is 6.77. The summed E-state index contributed by atoms with van der Waals surface area (Å²) < 4.78 is 0. The summed E-state index contributed by atoms with van der Waals surface area (Å²) in [6.45, 7) is 5.95. The molecule has 5 heteroatoms. The van der Waals surface area contributed by atoms with Crippen LogP contribution in [0.25, 0.3) is 0 Å². The maximum absolute atomic E-state index is 12.4. The molecule has 0 bridgehead atoms. The second-order valence-corrected chi connectivity index (χ2v) is 7.09. The van der Waals surface area contributed by atoms with E-state index in [0.29, 0.717) is 13.1 Å². The second-order valence-electron chi connectivity index (χ2n) is 7.09. The predicted octanol–water partition coefficient (Wildman–Crippen LogP) is 1.27. The summed E-state index contributed by atoms with van der Waals surface area (Å²) in [6, 6.07) is -0.431. The van der Waals surface area contributed by atoms with Crippen LogP contribution in [0, 0.1) is 11.3 Å². The van der Waals surface area contributed by atoms with Crippen molar-refractivity contribution < 1.29 is 9.59 Å². The van der Waals surface area contributed by atoms with Crippen LogP contribution in [-0.2, 0) is 9.59 Å². The molecule has 0 aromatic rings. The van der Waals surface area contributed by atoms with Gasteiger partial charge >= 0.3 is 0 Å². The van der Waals surface area contributed by atoms with Gasteiger partial charge in [0.15, 0.2) is 0 Å². The zero-order valence-corrected chi connectivity index (χ0v) is 13.4. The van der Waals surface area contributed by atoms with Crippen LogP contribution in [0.5, 0.6) is 0 Å². The van der Waals surface area contributed by atoms with Gasteiger partial charge in [-0.15, -0.1) is 0 Å². The molecule has 2 fully saturated rings. The van der Waals surface area contributed by atoms with Gasteiger partial charge in [0.1, 0.15) is 6.04 Å². The lowest BCUT2D eigenvalue weighted by molar-refractivity contribution is -0.136. The standard InChI is InChI=1S/C16H29N3O2/c1-12(18-14(20)13-6-4-3-5-7-13)15(21)19-9-8-16(2,10-17)11-19/h12-13H,3-11,17H2,1-2H3,(H,18,20)/t12-,16?/m0/s1. The molecule has 1 saturated carbocycles. The molecule has 2 rings (SSSR count). The molecule has 1 aliphatic heterocycles. The number of hydrogen-bond donors (Lipinski definition) is 2. The van der Waals surface area contributed by atoms with Gasteiger partial charge in [-0.25, -0.2) is 0 Å². The van der Waals surface area contributed by atoms with Crippen LogP contribution < -0.4 is 11.1 Å². The molecule has 2 amide bonds. The van der Waals surface area contributed by atoms with Gasteiger partial charge in [0.25, 0.3) is 0 Å². The van der Waals surface area contributed by atoms with Crippen molar-refractivity contribution in [1.82, 2.24) is 10.2 Å². The van der Waals surface area contributed by atoms with Gasteiger partial charge in [-0.3, -0.25) is 9.59 Å². The molecule has 1 unspecified atom stereocenters. The molecular weight excluding hydrogens is 266 g/mol. The van der Waals surface area contributed by atoms with Crippen molar-refractivity contribution in [2.24, 2.45) is 17.1 Å². The zero-order chi connectivity index (χ0) is 15.5. The largest absolute Gasteiger partial charge is 0.344 e. The van der Waals surface area contributed by atoms with Crippen molar-refractivity contribution in [1.29, 1.82) is 0 Å². The molecular formula is C16H29N3O2. The first-order valence-corrected chi connectivity index (χ1v) is 8.24. The number of hydrogen-bond acceptors (Lipinski definition) is 3. The van der Waals surface area contributed by atoms with Gasteiger partial charge in [-0.2, -0.15) is 0 Å². The minimum atomic E-state index is -0.431. The summed E-state index contributed by atoms with van der Waals surface area (Å²) >= 11 is 0. The van der Waals surface area contributed by atoms with Crippen molar-refractivity contribution in [3.8, 4) is 0 Å². The molecule has 5 nitrogen and oxygen atoms in total. The molecule has 1 aliphatic carbocycles. The van der Waals surface area contributed by atoms with Crippen molar-refractivity contribution >= 4 is 11.8 Å². The molecule has 3 N–H and O–H groups in total. The first-order valence-electron chi connectivity index (χ1n) is 8.24. The van der Waals surface area contributed by atoms with Crippen LogP contribution in [0.2, 0.25) is 0 Å². The highest BCUT2D eigenvalue weighted by Crippen LogP contribution is 2.29. The predicted molar refractivity (Wildman–Crippen MR) is 82.5 cm³/mol. The Balaban J connectivity index is 1.84. The molecule has 0 aromatic carbocycles. The van der Waals surface area contributed by atoms with E-state index in [1.54, 1.807) is 6.92 Å². The molecule has 120 valence electrons. The van der Waals surface area contributed by atoms with Crippen LogP contribution in [-0.4, -0.2) is 42.4 Å². The number of rotatable bonds is 4. The number of nitrogens with zero attached hydrogens (tertiary/aromatic N) is 1. The fraction of sp³-hybridized carbons (Fsp3) is 0.875. The van der Waals surface area contributed by atoms with Gasteiger partial charge in [-0.05, 0) is 38.1 Å². The highest BCUT2D eigenvalue weighted by atomic mass is 16.2. The van der Waals surface area contributed by atoms with Crippen LogP contribution in [0.4, 0.5) is 0 Å². The smallest absolute Gasteiger partial charge is 0.244 e. The zero-order valence-electron chi connectivity index (χ0n) is 13.4. The number of nitrogens with two attached hydrogens (primary N) is 1. The average molecular weight is 295 g/mol. The molecule has 2 atom stereocenters. The normalized spacial score (nSPS) is 28.4. The molecule has 0 spiro atoms. The summed E-state index contributed by atoms with van der Waals surface area (Å²) in [5.74, 6) is 0.176. The molecule has 1 heterocycles. The van der Waals surface area contributed by atoms with Crippen LogP contribution >= 0.6 is 0 Å². The van der Waals surface area contributed by atoms with Crippen LogP contribution in [0.15, 0.2) is 0 Å². The minimum absolute atomic E-state index is 0.0244. The third-order valence-electron chi connectivity index (χ3n) is 5.07. The number of nitrogens with one attached hydrogen (secondary N) is 1. The fourth-order valence-electron chi connectivity index (χ4n) is 3.41. The number of likely N-dealkylation sites (tertiary alicyclic amines) is 1. The minimum Gasteiger partial charge on any atom is -0.344 e. The van der Waals surface area contributed by atoms with Gasteiger partial charge in [-0.1, -0.05) is 26.2 Å². The van der Waals surface area contributed by atoms with Crippen molar-refractivity contribution in [3.63, 3.8) is 0 Å². The maximum atomic E-state index is 12.4. The molecule has 2 aliphatic rings. The number of carbonyl (C=O) groups excluding carboxylic acids is 2. The SMILES string of the molecule is C[C@H](NC(=O)C1CCCCC1)C(=O)N1CCC(C)(CN)C1. The van der Waals surface area contributed by atoms with Gasteiger partial charge in [0.05, 0.1) is 0 Å². The Bertz CT molecular complexity index is 393. The van der Waals surface area contributed by atoms with E-state index in [1.807, 2.05) is 4.90 Å². The Morgan fingerprint density at radius 3 is 2.57 bits per heavy atom. The Hall–Kier alpha value is -1.10. The number of amides is 2. The van der Waals surface area contributed by atoms with Gasteiger partial charge < -0.3 is 16.0 Å². The van der Waals surface area contributed by atoms with Crippen molar-refractivity contribution in [2.45, 2.75) is 58.4 Å². The molecule has 21 heavy (non-hydrogen) atoms. The van der Waals surface area contributed by atoms with E-state index in [9.17, 15) is 9.59 Å². The third-order valence-corrected chi connectivity index (χ3v) is 5.07. The first kappa shape index (κ1) is 16.3. The summed E-state index contributed by atoms with van der Waals surface area (Å²) in [6.07, 6.45) is 6.34. The Kier molecular flexibility index (Phi) is 5.25. The number of carbonyl (C=O) groups is 2. The summed E-state index contributed by atoms with van der Waals surface area (Å²) in [5, 5.41) is 2.91. The van der Waals surface area contributed by atoms with Crippen molar-refractivity contribution in [2.75, 3.05) is 19.6 Å². The summed E-state index contributed by atoms with van der Waals surface area (Å²) in [7, 11) is 0. The third kappa shape index (κ3) is 3.96. The van der Waals surface area contributed by atoms with E-state index in [-0.39, 0.29) is 23.1 Å². The van der Waals surface area contributed by atoms with Gasteiger partial charge in [0, 0.05) is 19.0 Å². The Morgan fingerprint density at radius 1 is 1.33 bits per heavy atom. The maximum Gasteiger partial charge on any atom is 0.244 e. The topological polar surface area (TPSA) is 75.4 Å². The van der Waals surface area contributed by atoms with E-state index >= 15 is 0 Å². The summed E-state index contributed by atoms with van der Waals surface area (Å²) in [4.78, 5) is 26.5. The Morgan fingerprint density at radius 2 is 2.00 bits per heavy atom. The van der Waals surface area contributed by atoms with E-state index < -0.39 is 6.04 Å². The van der Waals surface area contributed by atoms with E-state index in [2.05, 4.69) is 12.2 Å². The van der Waals surface area contributed by atoms with Crippen LogP contribution in [0.3, 0.4) is 0 Å². The lowest BCUT2D eigenvalue weighted by Gasteiger charge is -2.27. The first-order chi connectivity index (χ1) is 9.95. The fourth-order valence-corrected chi connectivity index (χ4v) is 3.41. The lowest BCUT2D eigenvalue weighted by atomic mass is 9.88. The van der Waals surface area contributed by atoms with E-state index in [4.69, 9.17) is 5.73 Å². The van der Waals surface area contributed by atoms with E-state index in [0.717, 1.165) is 38.6 Å². The van der Waals surface area contributed by atoms with Crippen molar-refractivity contribution in [3.05, 3.63) is 0 Å². The molecule has 0 radical (unpaired) electrons. The molecule has 0 aromatic heterocycles. The Labute approximate surface area is 127 Å². The van der Waals surface area contributed by atoms with Crippen LogP contribution in [0.1, 0.15) is 52.4 Å². The average Bonchev–Trinajstić information content (AvgIpc) is 2.90. The van der Waals surface area contributed by atoms with Gasteiger partial charge in [0.2, 0.25) is 11.8 Å². The monoisotopic (exact) mass is 295 g/mol. The lowest BCUT2D eigenvalue weighted by Crippen LogP contribution is -2.48.